The highest BCUT2D eigenvalue weighted by atomic mass is 16.2. The van der Waals surface area contributed by atoms with Crippen LogP contribution in [0.4, 0.5) is 0 Å². The van der Waals surface area contributed by atoms with E-state index in [0.717, 1.165) is 58.4 Å². The zero-order valence-electron chi connectivity index (χ0n) is 14.3. The topological polar surface area (TPSA) is 52.7 Å². The van der Waals surface area contributed by atoms with Gasteiger partial charge in [0.1, 0.15) is 0 Å². The highest BCUT2D eigenvalue weighted by Crippen LogP contribution is 2.28. The third kappa shape index (κ3) is 4.46. The molecule has 0 spiro atoms. The Balaban J connectivity index is 1.48. The van der Waals surface area contributed by atoms with Crippen LogP contribution < -0.4 is 5.32 Å². The van der Waals surface area contributed by atoms with E-state index in [0.29, 0.717) is 24.3 Å². The van der Waals surface area contributed by atoms with E-state index in [4.69, 9.17) is 0 Å². The maximum atomic E-state index is 12.6. The Morgan fingerprint density at radius 1 is 0.870 bits per heavy atom. The van der Waals surface area contributed by atoms with Gasteiger partial charge < -0.3 is 15.1 Å². The average Bonchev–Trinajstić information content (AvgIpc) is 2.96. The van der Waals surface area contributed by atoms with Crippen molar-refractivity contribution in [3.05, 3.63) is 0 Å². The first-order chi connectivity index (χ1) is 11.2. The smallest absolute Gasteiger partial charge is 0.227 e. The van der Waals surface area contributed by atoms with Gasteiger partial charge in [0.2, 0.25) is 11.8 Å². The molecule has 0 radical (unpaired) electrons. The summed E-state index contributed by atoms with van der Waals surface area (Å²) >= 11 is 0. The van der Waals surface area contributed by atoms with Gasteiger partial charge in [0.25, 0.3) is 0 Å². The molecule has 3 aliphatic rings. The fourth-order valence-corrected chi connectivity index (χ4v) is 4.30. The van der Waals surface area contributed by atoms with Crippen LogP contribution in [-0.4, -0.2) is 60.9 Å². The Bertz CT molecular complexity index is 414. The third-order valence-corrected chi connectivity index (χ3v) is 5.74. The number of piperidine rings is 1. The van der Waals surface area contributed by atoms with Gasteiger partial charge in [-0.1, -0.05) is 12.8 Å². The van der Waals surface area contributed by atoms with Crippen molar-refractivity contribution in [1.29, 1.82) is 0 Å². The minimum atomic E-state index is 0.143. The second-order valence-corrected chi connectivity index (χ2v) is 7.46. The van der Waals surface area contributed by atoms with Gasteiger partial charge in [-0.15, -0.1) is 0 Å². The van der Waals surface area contributed by atoms with E-state index >= 15 is 0 Å². The van der Waals surface area contributed by atoms with Gasteiger partial charge in [0.15, 0.2) is 0 Å². The molecule has 3 fully saturated rings. The summed E-state index contributed by atoms with van der Waals surface area (Å²) in [5.41, 5.74) is 0. The van der Waals surface area contributed by atoms with Gasteiger partial charge in [0, 0.05) is 39.1 Å². The maximum Gasteiger partial charge on any atom is 0.227 e. The maximum absolute atomic E-state index is 12.6. The van der Waals surface area contributed by atoms with E-state index in [-0.39, 0.29) is 5.92 Å². The molecular formula is C18H31N3O2. The SMILES string of the molecule is O=C(CC1CCCC1)N1CCCN(C(=O)C2CCCNC2)CC1. The molecule has 1 saturated carbocycles. The molecule has 2 amide bonds. The first-order valence-corrected chi connectivity index (χ1v) is 9.51. The van der Waals surface area contributed by atoms with Crippen molar-refractivity contribution in [3.63, 3.8) is 0 Å². The molecule has 0 aromatic rings. The van der Waals surface area contributed by atoms with E-state index < -0.39 is 0 Å². The van der Waals surface area contributed by atoms with Crippen molar-refractivity contribution >= 4 is 11.8 Å². The average molecular weight is 321 g/mol. The van der Waals surface area contributed by atoms with Crippen LogP contribution in [-0.2, 0) is 9.59 Å². The van der Waals surface area contributed by atoms with Crippen LogP contribution in [0.2, 0.25) is 0 Å². The molecule has 23 heavy (non-hydrogen) atoms. The molecule has 1 unspecified atom stereocenters. The number of hydrogen-bond donors (Lipinski definition) is 1. The van der Waals surface area contributed by atoms with Crippen LogP contribution in [0.1, 0.15) is 51.4 Å². The van der Waals surface area contributed by atoms with E-state index in [1.54, 1.807) is 0 Å². The lowest BCUT2D eigenvalue weighted by atomic mass is 9.98. The summed E-state index contributed by atoms with van der Waals surface area (Å²) in [4.78, 5) is 29.1. The quantitative estimate of drug-likeness (QED) is 0.859. The molecule has 2 heterocycles. The minimum absolute atomic E-state index is 0.143. The van der Waals surface area contributed by atoms with Crippen molar-refractivity contribution in [2.45, 2.75) is 51.4 Å². The lowest BCUT2D eigenvalue weighted by Gasteiger charge is -2.29. The van der Waals surface area contributed by atoms with E-state index in [1.807, 2.05) is 9.80 Å². The number of amides is 2. The summed E-state index contributed by atoms with van der Waals surface area (Å²) in [7, 11) is 0. The van der Waals surface area contributed by atoms with Crippen molar-refractivity contribution in [3.8, 4) is 0 Å². The van der Waals surface area contributed by atoms with Crippen molar-refractivity contribution in [1.82, 2.24) is 15.1 Å². The Hall–Kier alpha value is -1.10. The summed E-state index contributed by atoms with van der Waals surface area (Å²) in [6.07, 6.45) is 8.76. The van der Waals surface area contributed by atoms with Crippen molar-refractivity contribution < 1.29 is 9.59 Å². The largest absolute Gasteiger partial charge is 0.341 e. The molecule has 2 saturated heterocycles. The molecule has 1 atom stereocenters. The van der Waals surface area contributed by atoms with Gasteiger partial charge >= 0.3 is 0 Å². The van der Waals surface area contributed by atoms with E-state index in [2.05, 4.69) is 5.32 Å². The fraction of sp³-hybridized carbons (Fsp3) is 0.889. The first kappa shape index (κ1) is 16.7. The van der Waals surface area contributed by atoms with Crippen molar-refractivity contribution in [2.24, 2.45) is 11.8 Å². The highest BCUT2D eigenvalue weighted by molar-refractivity contribution is 5.80. The van der Waals surface area contributed by atoms with Crippen LogP contribution in [0.5, 0.6) is 0 Å². The molecule has 0 bridgehead atoms. The summed E-state index contributed by atoms with van der Waals surface area (Å²) in [6, 6.07) is 0. The zero-order chi connectivity index (χ0) is 16.1. The highest BCUT2D eigenvalue weighted by Gasteiger charge is 2.29. The second kappa shape index (κ2) is 8.13. The van der Waals surface area contributed by atoms with Gasteiger partial charge in [0.05, 0.1) is 5.92 Å². The Kier molecular flexibility index (Phi) is 5.92. The minimum Gasteiger partial charge on any atom is -0.341 e. The van der Waals surface area contributed by atoms with Crippen LogP contribution in [0.3, 0.4) is 0 Å². The number of nitrogens with zero attached hydrogens (tertiary/aromatic N) is 2. The molecule has 5 heteroatoms. The second-order valence-electron chi connectivity index (χ2n) is 7.46. The van der Waals surface area contributed by atoms with Gasteiger partial charge in [-0.05, 0) is 44.6 Å². The molecule has 3 rings (SSSR count). The van der Waals surface area contributed by atoms with E-state index in [9.17, 15) is 9.59 Å². The Labute approximate surface area is 139 Å². The molecule has 5 nitrogen and oxygen atoms in total. The molecule has 1 N–H and O–H groups in total. The standard InChI is InChI=1S/C18H31N3O2/c22-17(13-15-5-1-2-6-15)20-9-4-10-21(12-11-20)18(23)16-7-3-8-19-14-16/h15-16,19H,1-14H2. The van der Waals surface area contributed by atoms with Gasteiger partial charge in [-0.3, -0.25) is 9.59 Å². The number of hydrogen-bond acceptors (Lipinski definition) is 3. The molecular weight excluding hydrogens is 290 g/mol. The lowest BCUT2D eigenvalue weighted by Crippen LogP contribution is -2.44. The first-order valence-electron chi connectivity index (χ1n) is 9.51. The zero-order valence-corrected chi connectivity index (χ0v) is 14.3. The number of nitrogens with one attached hydrogen (secondary N) is 1. The number of carbonyl (C=O) groups excluding carboxylic acids is 2. The van der Waals surface area contributed by atoms with Crippen LogP contribution in [0.25, 0.3) is 0 Å². The predicted molar refractivity (Wildman–Crippen MR) is 89.9 cm³/mol. The van der Waals surface area contributed by atoms with Gasteiger partial charge in [-0.25, -0.2) is 0 Å². The van der Waals surface area contributed by atoms with Crippen LogP contribution in [0, 0.1) is 11.8 Å². The third-order valence-electron chi connectivity index (χ3n) is 5.74. The predicted octanol–water partition coefficient (Wildman–Crippen LogP) is 1.63. The fourth-order valence-electron chi connectivity index (χ4n) is 4.30. The molecule has 0 aromatic carbocycles. The Morgan fingerprint density at radius 3 is 2.35 bits per heavy atom. The monoisotopic (exact) mass is 321 g/mol. The summed E-state index contributed by atoms with van der Waals surface area (Å²) in [5, 5.41) is 3.33. The molecule has 1 aliphatic carbocycles. The van der Waals surface area contributed by atoms with Crippen LogP contribution in [0.15, 0.2) is 0 Å². The molecule has 0 aromatic heterocycles. The molecule has 2 aliphatic heterocycles. The van der Waals surface area contributed by atoms with Gasteiger partial charge in [-0.2, -0.15) is 0 Å². The van der Waals surface area contributed by atoms with Crippen LogP contribution >= 0.6 is 0 Å². The Morgan fingerprint density at radius 2 is 1.61 bits per heavy atom. The summed E-state index contributed by atoms with van der Waals surface area (Å²) in [6.45, 7) is 4.91. The number of rotatable bonds is 3. The lowest BCUT2D eigenvalue weighted by molar-refractivity contribution is -0.137. The number of carbonyl (C=O) groups is 2. The molecule has 130 valence electrons. The normalized spacial score (nSPS) is 27.0. The summed E-state index contributed by atoms with van der Waals surface area (Å²) in [5.74, 6) is 1.36. The van der Waals surface area contributed by atoms with Crippen molar-refractivity contribution in [2.75, 3.05) is 39.3 Å². The summed E-state index contributed by atoms with van der Waals surface area (Å²) < 4.78 is 0. The van der Waals surface area contributed by atoms with E-state index in [1.165, 1.54) is 25.7 Å².